The molecule has 1 heterocycles. The predicted octanol–water partition coefficient (Wildman–Crippen LogP) is 1.63. The van der Waals surface area contributed by atoms with Crippen LogP contribution in [0.15, 0.2) is 71.8 Å². The maximum Gasteiger partial charge on any atom is 0.248 e. The van der Waals surface area contributed by atoms with E-state index in [4.69, 9.17) is 5.14 Å². The van der Waals surface area contributed by atoms with Gasteiger partial charge in [-0.15, -0.1) is 5.10 Å². The van der Waals surface area contributed by atoms with Crippen molar-refractivity contribution in [1.29, 1.82) is 0 Å². The summed E-state index contributed by atoms with van der Waals surface area (Å²) in [6.07, 6.45) is 4.60. The molecular weight excluding hydrogens is 366 g/mol. The first-order valence-corrected chi connectivity index (χ1v) is 9.51. The van der Waals surface area contributed by atoms with Crippen LogP contribution in [0.25, 0.3) is 6.08 Å². The zero-order valence-corrected chi connectivity index (χ0v) is 15.0. The first-order valence-electron chi connectivity index (χ1n) is 7.96. The normalized spacial score (nSPS) is 11.6. The van der Waals surface area contributed by atoms with E-state index in [0.29, 0.717) is 17.9 Å². The second-order valence-corrected chi connectivity index (χ2v) is 7.28. The van der Waals surface area contributed by atoms with Crippen molar-refractivity contribution in [2.45, 2.75) is 11.4 Å². The molecule has 0 aliphatic heterocycles. The van der Waals surface area contributed by atoms with E-state index in [1.807, 2.05) is 30.3 Å². The Morgan fingerprint density at radius 2 is 1.81 bits per heavy atom. The van der Waals surface area contributed by atoms with Crippen molar-refractivity contribution >= 4 is 27.7 Å². The average Bonchev–Trinajstić information content (AvgIpc) is 3.08. The topological polar surface area (TPSA) is 120 Å². The van der Waals surface area contributed by atoms with Crippen LogP contribution in [0.4, 0.5) is 5.69 Å². The summed E-state index contributed by atoms with van der Waals surface area (Å²) in [6.45, 7) is 0.588. The largest absolute Gasteiger partial charge is 0.323 e. The number of carbonyl (C=O) groups is 1. The molecule has 3 rings (SSSR count). The van der Waals surface area contributed by atoms with E-state index in [1.165, 1.54) is 30.3 Å². The number of hydrogen-bond acceptors (Lipinski definition) is 5. The number of nitrogens with one attached hydrogen (secondary N) is 1. The van der Waals surface area contributed by atoms with Crippen molar-refractivity contribution in [3.05, 3.63) is 78.1 Å². The van der Waals surface area contributed by atoms with E-state index < -0.39 is 10.0 Å². The fraction of sp³-hybridized carbons (Fsp3) is 0.0556. The van der Waals surface area contributed by atoms with Crippen LogP contribution >= 0.6 is 0 Å². The van der Waals surface area contributed by atoms with Gasteiger partial charge in [-0.25, -0.2) is 18.2 Å². The number of hydrogen-bond donors (Lipinski definition) is 2. The monoisotopic (exact) mass is 383 g/mol. The second kappa shape index (κ2) is 7.94. The molecule has 27 heavy (non-hydrogen) atoms. The lowest BCUT2D eigenvalue weighted by molar-refractivity contribution is -0.111. The third kappa shape index (κ3) is 5.33. The van der Waals surface area contributed by atoms with Gasteiger partial charge in [0.25, 0.3) is 0 Å². The number of nitrogens with zero attached hydrogens (tertiary/aromatic N) is 3. The van der Waals surface area contributed by atoms with Crippen LogP contribution < -0.4 is 10.5 Å². The van der Waals surface area contributed by atoms with E-state index in [2.05, 4.69) is 15.6 Å². The highest BCUT2D eigenvalue weighted by Crippen LogP contribution is 2.12. The number of primary sulfonamides is 1. The molecule has 138 valence electrons. The van der Waals surface area contributed by atoms with Crippen LogP contribution in [0.3, 0.4) is 0 Å². The smallest absolute Gasteiger partial charge is 0.248 e. The number of amides is 1. The van der Waals surface area contributed by atoms with Gasteiger partial charge in [0.15, 0.2) is 0 Å². The fourth-order valence-electron chi connectivity index (χ4n) is 2.31. The van der Waals surface area contributed by atoms with Crippen LogP contribution in [-0.4, -0.2) is 29.3 Å². The molecule has 0 aliphatic carbocycles. The lowest BCUT2D eigenvalue weighted by atomic mass is 10.2. The van der Waals surface area contributed by atoms with Gasteiger partial charge in [0.2, 0.25) is 15.9 Å². The van der Waals surface area contributed by atoms with Crippen molar-refractivity contribution < 1.29 is 13.2 Å². The highest BCUT2D eigenvalue weighted by atomic mass is 32.2. The Kier molecular flexibility index (Phi) is 5.43. The maximum atomic E-state index is 12.0. The van der Waals surface area contributed by atoms with E-state index in [0.717, 1.165) is 5.56 Å². The molecule has 0 spiro atoms. The lowest BCUT2D eigenvalue weighted by Gasteiger charge is -2.03. The van der Waals surface area contributed by atoms with Crippen molar-refractivity contribution in [1.82, 2.24) is 15.0 Å². The van der Waals surface area contributed by atoms with Gasteiger partial charge in [-0.3, -0.25) is 4.79 Å². The Labute approximate surface area is 156 Å². The van der Waals surface area contributed by atoms with Crippen LogP contribution in [0.5, 0.6) is 0 Å². The summed E-state index contributed by atoms with van der Waals surface area (Å²) in [6, 6.07) is 15.4. The van der Waals surface area contributed by atoms with E-state index in [1.54, 1.807) is 17.0 Å². The summed E-state index contributed by atoms with van der Waals surface area (Å²) < 4.78 is 24.1. The average molecular weight is 383 g/mol. The molecule has 0 fully saturated rings. The molecule has 1 amide bonds. The fourth-order valence-corrected chi connectivity index (χ4v) is 2.83. The SMILES string of the molecule is NS(=O)(=O)c1ccc(NC(=O)/C=C/c2cn(Cc3ccccc3)nn2)cc1. The Bertz CT molecular complexity index is 1060. The minimum absolute atomic E-state index is 0.0222. The van der Waals surface area contributed by atoms with Gasteiger partial charge < -0.3 is 5.32 Å². The third-order valence-electron chi connectivity index (χ3n) is 3.60. The maximum absolute atomic E-state index is 12.0. The minimum Gasteiger partial charge on any atom is -0.323 e. The van der Waals surface area contributed by atoms with Gasteiger partial charge in [0.1, 0.15) is 5.69 Å². The van der Waals surface area contributed by atoms with E-state index in [-0.39, 0.29) is 10.8 Å². The highest BCUT2D eigenvalue weighted by Gasteiger charge is 2.07. The van der Waals surface area contributed by atoms with Crippen molar-refractivity contribution in [3.63, 3.8) is 0 Å². The number of anilines is 1. The first-order chi connectivity index (χ1) is 12.9. The summed E-state index contributed by atoms with van der Waals surface area (Å²) in [7, 11) is -3.76. The molecule has 9 heteroatoms. The zero-order chi connectivity index (χ0) is 19.3. The van der Waals surface area contributed by atoms with Gasteiger partial charge in [0.05, 0.1) is 17.6 Å². The summed E-state index contributed by atoms with van der Waals surface area (Å²) >= 11 is 0. The quantitative estimate of drug-likeness (QED) is 0.627. The minimum atomic E-state index is -3.76. The molecule has 1 aromatic heterocycles. The van der Waals surface area contributed by atoms with E-state index in [9.17, 15) is 13.2 Å². The number of aromatic nitrogens is 3. The van der Waals surface area contributed by atoms with Crippen LogP contribution in [0.2, 0.25) is 0 Å². The van der Waals surface area contributed by atoms with Crippen molar-refractivity contribution in [2.75, 3.05) is 5.32 Å². The molecule has 0 saturated heterocycles. The number of rotatable bonds is 6. The molecular formula is C18H17N5O3S. The number of benzene rings is 2. The van der Waals surface area contributed by atoms with E-state index >= 15 is 0 Å². The first kappa shape index (κ1) is 18.5. The number of carbonyl (C=O) groups excluding carboxylic acids is 1. The Balaban J connectivity index is 1.58. The molecule has 0 radical (unpaired) electrons. The summed E-state index contributed by atoms with van der Waals surface area (Å²) in [5.74, 6) is -0.379. The Hall–Kier alpha value is -3.30. The number of sulfonamides is 1. The standard InChI is InChI=1S/C18H17N5O3S/c19-27(25,26)17-9-6-15(7-10-17)20-18(24)11-8-16-13-23(22-21-16)12-14-4-2-1-3-5-14/h1-11,13H,12H2,(H,20,24)(H2,19,25,26)/b11-8+. The van der Waals surface area contributed by atoms with Crippen molar-refractivity contribution in [2.24, 2.45) is 5.14 Å². The summed E-state index contributed by atoms with van der Waals surface area (Å²) in [4.78, 5) is 11.9. The lowest BCUT2D eigenvalue weighted by Crippen LogP contribution is -2.12. The molecule has 3 aromatic rings. The molecule has 8 nitrogen and oxygen atoms in total. The van der Waals surface area contributed by atoms with Crippen molar-refractivity contribution in [3.8, 4) is 0 Å². The molecule has 0 bridgehead atoms. The molecule has 0 unspecified atom stereocenters. The second-order valence-electron chi connectivity index (χ2n) is 5.72. The third-order valence-corrected chi connectivity index (χ3v) is 4.53. The molecule has 2 aromatic carbocycles. The molecule has 0 saturated carbocycles. The van der Waals surface area contributed by atoms with Crippen LogP contribution in [0, 0.1) is 0 Å². The van der Waals surface area contributed by atoms with Crippen LogP contribution in [0.1, 0.15) is 11.3 Å². The van der Waals surface area contributed by atoms with Crippen LogP contribution in [-0.2, 0) is 21.4 Å². The van der Waals surface area contributed by atoms with Gasteiger partial charge >= 0.3 is 0 Å². The number of nitrogens with two attached hydrogens (primary N) is 1. The molecule has 0 aliphatic rings. The molecule has 3 N–H and O–H groups in total. The summed E-state index contributed by atoms with van der Waals surface area (Å²) in [5, 5.41) is 15.7. The van der Waals surface area contributed by atoms with Gasteiger partial charge in [-0.1, -0.05) is 35.5 Å². The Morgan fingerprint density at radius 3 is 2.48 bits per heavy atom. The van der Waals surface area contributed by atoms with Gasteiger partial charge in [-0.2, -0.15) is 0 Å². The highest BCUT2D eigenvalue weighted by molar-refractivity contribution is 7.89. The predicted molar refractivity (Wildman–Crippen MR) is 101 cm³/mol. The Morgan fingerprint density at radius 1 is 1.11 bits per heavy atom. The molecule has 0 atom stereocenters. The van der Waals surface area contributed by atoms with Gasteiger partial charge in [0, 0.05) is 11.8 Å². The zero-order valence-electron chi connectivity index (χ0n) is 14.2. The summed E-state index contributed by atoms with van der Waals surface area (Å²) in [5.41, 5.74) is 2.09. The van der Waals surface area contributed by atoms with Gasteiger partial charge in [-0.05, 0) is 35.9 Å².